The topological polar surface area (TPSA) is 61.8 Å². The lowest BCUT2D eigenvalue weighted by Crippen LogP contribution is -2.19. The average Bonchev–Trinajstić information content (AvgIpc) is 2.46. The van der Waals surface area contributed by atoms with Gasteiger partial charge in [0.15, 0.2) is 5.84 Å². The van der Waals surface area contributed by atoms with E-state index in [0.717, 1.165) is 16.8 Å². The Morgan fingerprint density at radius 3 is 2.67 bits per heavy atom. The third-order valence-electron chi connectivity index (χ3n) is 3.31. The van der Waals surface area contributed by atoms with Crippen LogP contribution in [-0.2, 0) is 6.54 Å². The van der Waals surface area contributed by atoms with Gasteiger partial charge in [0, 0.05) is 24.8 Å². The Labute approximate surface area is 123 Å². The van der Waals surface area contributed by atoms with Crippen LogP contribution in [-0.4, -0.2) is 18.1 Å². The molecule has 0 heterocycles. The molecule has 21 heavy (non-hydrogen) atoms. The Hall–Kier alpha value is -2.56. The first-order valence-corrected chi connectivity index (χ1v) is 6.55. The van der Waals surface area contributed by atoms with E-state index in [4.69, 9.17) is 10.9 Å². The number of rotatable bonds is 4. The standard InChI is InChI=1S/C16H18FN3O/c1-11-5-3-4-6-15(11)20(2)10-12-7-13(16(18)19-21)9-14(17)8-12/h3-9,21H,10H2,1-2H3,(H2,18,19). The van der Waals surface area contributed by atoms with E-state index in [0.29, 0.717) is 12.1 Å². The monoisotopic (exact) mass is 287 g/mol. The maximum atomic E-state index is 13.6. The predicted molar refractivity (Wildman–Crippen MR) is 82.2 cm³/mol. The van der Waals surface area contributed by atoms with Gasteiger partial charge in [0.2, 0.25) is 0 Å². The normalized spacial score (nSPS) is 11.5. The molecule has 0 amide bonds. The average molecular weight is 287 g/mol. The van der Waals surface area contributed by atoms with E-state index >= 15 is 0 Å². The maximum Gasteiger partial charge on any atom is 0.170 e. The van der Waals surface area contributed by atoms with Crippen molar-refractivity contribution < 1.29 is 9.60 Å². The molecule has 0 saturated carbocycles. The lowest BCUT2D eigenvalue weighted by atomic mass is 10.1. The summed E-state index contributed by atoms with van der Waals surface area (Å²) in [7, 11) is 1.94. The molecule has 0 aliphatic carbocycles. The minimum atomic E-state index is -0.410. The highest BCUT2D eigenvalue weighted by Gasteiger charge is 2.09. The van der Waals surface area contributed by atoms with Crippen LogP contribution < -0.4 is 10.6 Å². The molecule has 0 aliphatic rings. The van der Waals surface area contributed by atoms with Gasteiger partial charge in [-0.2, -0.15) is 0 Å². The number of anilines is 1. The number of nitrogens with zero attached hydrogens (tertiary/aromatic N) is 2. The number of nitrogens with two attached hydrogens (primary N) is 1. The van der Waals surface area contributed by atoms with Crippen molar-refractivity contribution in [1.29, 1.82) is 0 Å². The van der Waals surface area contributed by atoms with Gasteiger partial charge in [-0.25, -0.2) is 4.39 Å². The summed E-state index contributed by atoms with van der Waals surface area (Å²) in [5.74, 6) is -0.512. The van der Waals surface area contributed by atoms with E-state index < -0.39 is 5.82 Å². The molecule has 4 nitrogen and oxygen atoms in total. The van der Waals surface area contributed by atoms with Gasteiger partial charge in [0.05, 0.1) is 0 Å². The van der Waals surface area contributed by atoms with Crippen LogP contribution in [0.2, 0.25) is 0 Å². The molecule has 0 spiro atoms. The minimum absolute atomic E-state index is 0.103. The second-order valence-electron chi connectivity index (χ2n) is 4.98. The number of benzene rings is 2. The van der Waals surface area contributed by atoms with Crippen LogP contribution in [0.3, 0.4) is 0 Å². The van der Waals surface area contributed by atoms with Gasteiger partial charge >= 0.3 is 0 Å². The molecule has 0 radical (unpaired) electrons. The molecule has 2 aromatic carbocycles. The van der Waals surface area contributed by atoms with Gasteiger partial charge in [-0.05, 0) is 42.3 Å². The summed E-state index contributed by atoms with van der Waals surface area (Å²) in [6, 6.07) is 12.4. The molecule has 3 N–H and O–H groups in total. The molecule has 0 atom stereocenters. The van der Waals surface area contributed by atoms with Crippen LogP contribution in [0.15, 0.2) is 47.6 Å². The highest BCUT2D eigenvalue weighted by molar-refractivity contribution is 5.97. The molecule has 5 heteroatoms. The summed E-state index contributed by atoms with van der Waals surface area (Å²) >= 11 is 0. The molecule has 0 unspecified atom stereocenters. The van der Waals surface area contributed by atoms with Gasteiger partial charge < -0.3 is 15.8 Å². The van der Waals surface area contributed by atoms with Crippen molar-refractivity contribution in [3.05, 3.63) is 65.0 Å². The van der Waals surface area contributed by atoms with Crippen molar-refractivity contribution in [2.75, 3.05) is 11.9 Å². The molecule has 0 aliphatic heterocycles. The Kier molecular flexibility index (Phi) is 4.42. The zero-order chi connectivity index (χ0) is 15.4. The zero-order valence-electron chi connectivity index (χ0n) is 12.0. The van der Waals surface area contributed by atoms with E-state index in [9.17, 15) is 4.39 Å². The molecule has 110 valence electrons. The fourth-order valence-corrected chi connectivity index (χ4v) is 2.30. The Bertz CT molecular complexity index is 670. The first-order valence-electron chi connectivity index (χ1n) is 6.55. The quantitative estimate of drug-likeness (QED) is 0.393. The second kappa shape index (κ2) is 6.26. The molecule has 0 bridgehead atoms. The Morgan fingerprint density at radius 2 is 2.00 bits per heavy atom. The number of halogens is 1. The van der Waals surface area contributed by atoms with Crippen LogP contribution in [0.1, 0.15) is 16.7 Å². The molecular formula is C16H18FN3O. The number of hydrogen-bond acceptors (Lipinski definition) is 3. The minimum Gasteiger partial charge on any atom is -0.409 e. The molecule has 0 aromatic heterocycles. The molecular weight excluding hydrogens is 269 g/mol. The third-order valence-corrected chi connectivity index (χ3v) is 3.31. The molecule has 0 fully saturated rings. The van der Waals surface area contributed by atoms with Gasteiger partial charge in [-0.15, -0.1) is 0 Å². The van der Waals surface area contributed by atoms with Crippen molar-refractivity contribution in [3.8, 4) is 0 Å². The lowest BCUT2D eigenvalue weighted by molar-refractivity contribution is 0.318. The first kappa shape index (κ1) is 14.8. The molecule has 0 saturated heterocycles. The van der Waals surface area contributed by atoms with E-state index in [-0.39, 0.29) is 5.84 Å². The Balaban J connectivity index is 2.27. The Morgan fingerprint density at radius 1 is 1.29 bits per heavy atom. The van der Waals surface area contributed by atoms with Crippen molar-refractivity contribution in [3.63, 3.8) is 0 Å². The SMILES string of the molecule is Cc1ccccc1N(C)Cc1cc(F)cc(/C(N)=N/O)c1. The number of oxime groups is 1. The van der Waals surface area contributed by atoms with Crippen molar-refractivity contribution >= 4 is 11.5 Å². The molecule has 2 aromatic rings. The summed E-state index contributed by atoms with van der Waals surface area (Å²) in [6.07, 6.45) is 0. The largest absolute Gasteiger partial charge is 0.409 e. The van der Waals surface area contributed by atoms with Crippen molar-refractivity contribution in [1.82, 2.24) is 0 Å². The summed E-state index contributed by atoms with van der Waals surface area (Å²) in [5.41, 5.74) is 8.86. The summed E-state index contributed by atoms with van der Waals surface area (Å²) in [6.45, 7) is 2.55. The van der Waals surface area contributed by atoms with Crippen molar-refractivity contribution in [2.24, 2.45) is 10.9 Å². The summed E-state index contributed by atoms with van der Waals surface area (Å²) in [5, 5.41) is 11.6. The number of para-hydroxylation sites is 1. The van der Waals surface area contributed by atoms with E-state index in [1.54, 1.807) is 6.07 Å². The van der Waals surface area contributed by atoms with Gasteiger partial charge in [-0.3, -0.25) is 0 Å². The van der Waals surface area contributed by atoms with Crippen LogP contribution in [0, 0.1) is 12.7 Å². The van der Waals surface area contributed by atoms with Crippen molar-refractivity contribution in [2.45, 2.75) is 13.5 Å². The summed E-state index contributed by atoms with van der Waals surface area (Å²) < 4.78 is 13.6. The van der Waals surface area contributed by atoms with Gasteiger partial charge in [0.25, 0.3) is 0 Å². The zero-order valence-corrected chi connectivity index (χ0v) is 12.0. The van der Waals surface area contributed by atoms with Crippen LogP contribution in [0.25, 0.3) is 0 Å². The number of aryl methyl sites for hydroxylation is 1. The first-order chi connectivity index (χ1) is 10.0. The fraction of sp³-hybridized carbons (Fsp3) is 0.188. The van der Waals surface area contributed by atoms with Gasteiger partial charge in [-0.1, -0.05) is 23.4 Å². The van der Waals surface area contributed by atoms with E-state index in [1.165, 1.54) is 12.1 Å². The van der Waals surface area contributed by atoms with Crippen LogP contribution in [0.5, 0.6) is 0 Å². The van der Waals surface area contributed by atoms with Crippen LogP contribution in [0.4, 0.5) is 10.1 Å². The van der Waals surface area contributed by atoms with E-state index in [1.807, 2.05) is 43.1 Å². The highest BCUT2D eigenvalue weighted by atomic mass is 19.1. The fourth-order valence-electron chi connectivity index (χ4n) is 2.30. The second-order valence-corrected chi connectivity index (χ2v) is 4.98. The highest BCUT2D eigenvalue weighted by Crippen LogP contribution is 2.20. The summed E-state index contributed by atoms with van der Waals surface area (Å²) in [4.78, 5) is 2.03. The number of amidine groups is 1. The van der Waals surface area contributed by atoms with Gasteiger partial charge in [0.1, 0.15) is 5.82 Å². The maximum absolute atomic E-state index is 13.6. The number of hydrogen-bond donors (Lipinski definition) is 2. The smallest absolute Gasteiger partial charge is 0.170 e. The van der Waals surface area contributed by atoms with E-state index in [2.05, 4.69) is 5.16 Å². The lowest BCUT2D eigenvalue weighted by Gasteiger charge is -2.21. The third kappa shape index (κ3) is 3.51. The predicted octanol–water partition coefficient (Wildman–Crippen LogP) is 2.87. The molecule has 2 rings (SSSR count). The van der Waals surface area contributed by atoms with Crippen LogP contribution >= 0.6 is 0 Å².